The highest BCUT2D eigenvalue weighted by molar-refractivity contribution is 5.91. The van der Waals surface area contributed by atoms with Crippen LogP contribution in [0.5, 0.6) is 0 Å². The van der Waals surface area contributed by atoms with Crippen molar-refractivity contribution < 1.29 is 4.79 Å². The van der Waals surface area contributed by atoms with Crippen molar-refractivity contribution in [3.63, 3.8) is 0 Å². The highest BCUT2D eigenvalue weighted by Gasteiger charge is 2.66. The molecule has 0 N–H and O–H groups in total. The van der Waals surface area contributed by atoms with Crippen molar-refractivity contribution in [3.05, 3.63) is 11.6 Å². The second-order valence-electron chi connectivity index (χ2n) is 9.94. The highest BCUT2D eigenvalue weighted by atomic mass is 16.1. The zero-order valence-corrected chi connectivity index (χ0v) is 15.1. The van der Waals surface area contributed by atoms with Crippen LogP contribution in [0, 0.1) is 57.7 Å². The maximum absolute atomic E-state index is 11.9. The first-order valence-electron chi connectivity index (χ1n) is 10.1. The summed E-state index contributed by atoms with van der Waals surface area (Å²) in [5.41, 5.74) is 2.00. The van der Waals surface area contributed by atoms with Gasteiger partial charge in [-0.15, -0.1) is 0 Å². The van der Waals surface area contributed by atoms with Crippen LogP contribution in [0.3, 0.4) is 0 Å². The van der Waals surface area contributed by atoms with Crippen molar-refractivity contribution in [2.24, 2.45) is 46.3 Å². The average Bonchev–Trinajstić information content (AvgIpc) is 2.71. The van der Waals surface area contributed by atoms with Crippen LogP contribution in [0.2, 0.25) is 0 Å². The molecule has 0 saturated heterocycles. The summed E-state index contributed by atoms with van der Waals surface area (Å²) in [6.07, 6.45) is 11.4. The van der Waals surface area contributed by atoms with Gasteiger partial charge in [-0.1, -0.05) is 19.4 Å². The van der Waals surface area contributed by atoms with Crippen molar-refractivity contribution >= 4 is 5.78 Å². The van der Waals surface area contributed by atoms with E-state index in [0.29, 0.717) is 17.6 Å². The zero-order valence-electron chi connectivity index (χ0n) is 15.1. The molecule has 0 aromatic carbocycles. The standard InChI is InChI=1S/C22H29NO/c1-21-9-7-14(24)11-13(21)3-4-17-18(21)8-10-22(2)19(12-23)15-5-6-16(15)20(17)22/h11,15-20H,3-10H2,1-2H3/t15-,16+,17+,18-,19-,20-,21-,22+/m0/s1. The average molecular weight is 323 g/mol. The van der Waals surface area contributed by atoms with Crippen LogP contribution in [-0.2, 0) is 4.79 Å². The first-order chi connectivity index (χ1) is 11.5. The minimum absolute atomic E-state index is 0.266. The lowest BCUT2D eigenvalue weighted by atomic mass is 9.46. The van der Waals surface area contributed by atoms with Crippen LogP contribution in [0.4, 0.5) is 0 Å². The third-order valence-corrected chi connectivity index (χ3v) is 9.38. The molecule has 0 bridgehead atoms. The Kier molecular flexibility index (Phi) is 3.00. The van der Waals surface area contributed by atoms with Crippen LogP contribution in [-0.4, -0.2) is 5.78 Å². The van der Waals surface area contributed by atoms with Crippen molar-refractivity contribution in [3.8, 4) is 6.07 Å². The number of nitriles is 1. The molecule has 0 unspecified atom stereocenters. The number of hydrogen-bond acceptors (Lipinski definition) is 2. The molecule has 0 aliphatic heterocycles. The normalized spacial score (nSPS) is 55.2. The molecule has 0 amide bonds. The van der Waals surface area contributed by atoms with E-state index in [1.54, 1.807) is 0 Å². The second kappa shape index (κ2) is 4.75. The first kappa shape index (κ1) is 15.2. The first-order valence-corrected chi connectivity index (χ1v) is 10.1. The number of carbonyl (C=O) groups excluding carboxylic acids is 1. The molecule has 0 heterocycles. The molecule has 0 radical (unpaired) electrons. The topological polar surface area (TPSA) is 40.9 Å². The molecule has 4 fully saturated rings. The van der Waals surface area contributed by atoms with E-state index in [0.717, 1.165) is 42.9 Å². The maximum atomic E-state index is 11.9. The molecule has 2 nitrogen and oxygen atoms in total. The number of nitrogens with zero attached hydrogens (tertiary/aromatic N) is 1. The van der Waals surface area contributed by atoms with E-state index in [9.17, 15) is 10.1 Å². The number of rotatable bonds is 0. The summed E-state index contributed by atoms with van der Waals surface area (Å²) in [6, 6.07) is 2.75. The Morgan fingerprint density at radius 1 is 1.04 bits per heavy atom. The molecule has 5 aliphatic carbocycles. The SMILES string of the molecule is C[C@]12CC[C@H]3[C@@H](CCC4=CC(=O)CC[C@@]43C)[C@@H]1[C@@H]1CC[C@@H]1[C@@H]2C#N. The molecule has 0 aromatic heterocycles. The fourth-order valence-electron chi connectivity index (χ4n) is 8.15. The van der Waals surface area contributed by atoms with E-state index in [2.05, 4.69) is 19.9 Å². The summed E-state index contributed by atoms with van der Waals surface area (Å²) in [5, 5.41) is 9.86. The third-order valence-electron chi connectivity index (χ3n) is 9.38. The van der Waals surface area contributed by atoms with Crippen LogP contribution in [0.1, 0.15) is 65.2 Å². The van der Waals surface area contributed by atoms with Crippen LogP contribution >= 0.6 is 0 Å². The van der Waals surface area contributed by atoms with Crippen molar-refractivity contribution in [1.29, 1.82) is 5.26 Å². The van der Waals surface area contributed by atoms with Gasteiger partial charge in [-0.2, -0.15) is 5.26 Å². The Hall–Kier alpha value is -1.10. The molecule has 0 spiro atoms. The van der Waals surface area contributed by atoms with Crippen LogP contribution in [0.15, 0.2) is 11.6 Å². The Labute approximate surface area is 145 Å². The Bertz CT molecular complexity index is 672. The lowest BCUT2D eigenvalue weighted by Gasteiger charge is -2.58. The number of hydrogen-bond donors (Lipinski definition) is 0. The van der Waals surface area contributed by atoms with Gasteiger partial charge in [0.1, 0.15) is 0 Å². The molecule has 5 aliphatic rings. The largest absolute Gasteiger partial charge is 0.295 e. The van der Waals surface area contributed by atoms with E-state index >= 15 is 0 Å². The van der Waals surface area contributed by atoms with Gasteiger partial charge in [-0.3, -0.25) is 4.79 Å². The van der Waals surface area contributed by atoms with Crippen LogP contribution in [0.25, 0.3) is 0 Å². The predicted molar refractivity (Wildman–Crippen MR) is 92.8 cm³/mol. The minimum Gasteiger partial charge on any atom is -0.295 e. The van der Waals surface area contributed by atoms with Crippen molar-refractivity contribution in [2.75, 3.05) is 0 Å². The Morgan fingerprint density at radius 3 is 2.54 bits per heavy atom. The number of carbonyl (C=O) groups is 1. The highest BCUT2D eigenvalue weighted by Crippen LogP contribution is 2.72. The summed E-state index contributed by atoms with van der Waals surface area (Å²) < 4.78 is 0. The maximum Gasteiger partial charge on any atom is 0.155 e. The molecule has 0 aromatic rings. The number of fused-ring (bicyclic) bond motifs is 7. The molecular weight excluding hydrogens is 294 g/mol. The van der Waals surface area contributed by atoms with Gasteiger partial charge >= 0.3 is 0 Å². The molecule has 4 saturated carbocycles. The molecule has 2 heteroatoms. The van der Waals surface area contributed by atoms with Gasteiger partial charge in [0.2, 0.25) is 0 Å². The fraction of sp³-hybridized carbons (Fsp3) is 0.818. The van der Waals surface area contributed by atoms with Crippen LogP contribution < -0.4 is 0 Å². The molecule has 5 rings (SSSR count). The van der Waals surface area contributed by atoms with E-state index in [1.807, 2.05) is 6.08 Å². The smallest absolute Gasteiger partial charge is 0.155 e. The number of allylic oxidation sites excluding steroid dienone is 1. The van der Waals surface area contributed by atoms with Gasteiger partial charge in [0.15, 0.2) is 5.78 Å². The summed E-state index contributed by atoms with van der Waals surface area (Å²) >= 11 is 0. The van der Waals surface area contributed by atoms with E-state index in [4.69, 9.17) is 0 Å². The summed E-state index contributed by atoms with van der Waals surface area (Å²) in [4.78, 5) is 11.9. The molecule has 128 valence electrons. The quantitative estimate of drug-likeness (QED) is 0.636. The van der Waals surface area contributed by atoms with Gasteiger partial charge in [0.05, 0.1) is 12.0 Å². The van der Waals surface area contributed by atoms with Gasteiger partial charge in [0.25, 0.3) is 0 Å². The second-order valence-corrected chi connectivity index (χ2v) is 9.94. The van der Waals surface area contributed by atoms with E-state index in [-0.39, 0.29) is 10.8 Å². The monoisotopic (exact) mass is 323 g/mol. The van der Waals surface area contributed by atoms with Gasteiger partial charge in [-0.05, 0) is 91.4 Å². The molecular formula is C22H29NO. The third kappa shape index (κ3) is 1.65. The summed E-state index contributed by atoms with van der Waals surface area (Å²) in [5.74, 6) is 4.50. The lowest BCUT2D eigenvalue weighted by Crippen LogP contribution is -2.51. The van der Waals surface area contributed by atoms with Gasteiger partial charge < -0.3 is 0 Å². The Balaban J connectivity index is 1.54. The van der Waals surface area contributed by atoms with E-state index in [1.165, 1.54) is 37.7 Å². The van der Waals surface area contributed by atoms with Gasteiger partial charge in [0, 0.05) is 6.42 Å². The zero-order chi connectivity index (χ0) is 16.7. The molecule has 24 heavy (non-hydrogen) atoms. The van der Waals surface area contributed by atoms with Crippen molar-refractivity contribution in [1.82, 2.24) is 0 Å². The fourth-order valence-corrected chi connectivity index (χ4v) is 8.15. The summed E-state index contributed by atoms with van der Waals surface area (Å²) in [6.45, 7) is 4.91. The minimum atomic E-state index is 0.266. The number of ketones is 1. The lowest BCUT2D eigenvalue weighted by molar-refractivity contribution is -0.117. The Morgan fingerprint density at radius 2 is 1.83 bits per heavy atom. The van der Waals surface area contributed by atoms with Crippen molar-refractivity contribution in [2.45, 2.75) is 65.2 Å². The molecule has 8 atom stereocenters. The van der Waals surface area contributed by atoms with Gasteiger partial charge in [-0.25, -0.2) is 0 Å². The van der Waals surface area contributed by atoms with E-state index < -0.39 is 0 Å². The predicted octanol–water partition coefficient (Wildman–Crippen LogP) is 4.90. The summed E-state index contributed by atoms with van der Waals surface area (Å²) in [7, 11) is 0.